The second-order valence-corrected chi connectivity index (χ2v) is 4.97. The van der Waals surface area contributed by atoms with Crippen LogP contribution < -0.4 is 0 Å². The molecule has 0 aliphatic rings. The molecule has 1 aromatic heterocycles. The minimum Gasteiger partial charge on any atom is -0.507 e. The molecular formula is C10H9NOS2. The van der Waals surface area contributed by atoms with Gasteiger partial charge in [-0.15, -0.1) is 11.3 Å². The van der Waals surface area contributed by atoms with E-state index in [9.17, 15) is 5.11 Å². The molecule has 0 saturated heterocycles. The Morgan fingerprint density at radius 1 is 1.36 bits per heavy atom. The number of aromatic nitrogens is 1. The van der Waals surface area contributed by atoms with Gasteiger partial charge in [0.25, 0.3) is 0 Å². The predicted molar refractivity (Wildman–Crippen MR) is 59.1 cm³/mol. The van der Waals surface area contributed by atoms with Gasteiger partial charge in [-0.2, -0.15) is 0 Å². The molecule has 0 saturated carbocycles. The normalized spacial score (nSPS) is 10.4. The Hall–Kier alpha value is -1.00. The van der Waals surface area contributed by atoms with Gasteiger partial charge >= 0.3 is 0 Å². The molecule has 0 atom stereocenters. The lowest BCUT2D eigenvalue weighted by atomic mass is 10.3. The number of phenols is 1. The zero-order chi connectivity index (χ0) is 9.97. The summed E-state index contributed by atoms with van der Waals surface area (Å²) in [5, 5.41) is 11.5. The van der Waals surface area contributed by atoms with E-state index in [1.54, 1.807) is 17.4 Å². The number of para-hydroxylation sites is 1. The zero-order valence-corrected chi connectivity index (χ0v) is 9.23. The van der Waals surface area contributed by atoms with Crippen molar-refractivity contribution in [1.82, 2.24) is 4.98 Å². The van der Waals surface area contributed by atoms with E-state index >= 15 is 0 Å². The van der Waals surface area contributed by atoms with Crippen molar-refractivity contribution in [1.29, 1.82) is 0 Å². The van der Waals surface area contributed by atoms with Gasteiger partial charge in [-0.1, -0.05) is 23.9 Å². The predicted octanol–water partition coefficient (Wildman–Crippen LogP) is 3.31. The van der Waals surface area contributed by atoms with Crippen molar-refractivity contribution in [3.05, 3.63) is 35.3 Å². The van der Waals surface area contributed by atoms with Crippen molar-refractivity contribution in [3.8, 4) is 5.75 Å². The number of hydrogen-bond acceptors (Lipinski definition) is 4. The van der Waals surface area contributed by atoms with Crippen molar-refractivity contribution >= 4 is 23.1 Å². The van der Waals surface area contributed by atoms with Crippen LogP contribution in [0.1, 0.15) is 5.69 Å². The Kier molecular flexibility index (Phi) is 2.74. The molecule has 0 amide bonds. The summed E-state index contributed by atoms with van der Waals surface area (Å²) >= 11 is 3.09. The van der Waals surface area contributed by atoms with Gasteiger partial charge in [0, 0.05) is 11.1 Å². The maximum atomic E-state index is 9.53. The molecule has 0 spiro atoms. The third-order valence-corrected chi connectivity index (χ3v) is 3.78. The van der Waals surface area contributed by atoms with Gasteiger partial charge in [-0.25, -0.2) is 4.98 Å². The van der Waals surface area contributed by atoms with E-state index in [4.69, 9.17) is 0 Å². The fraction of sp³-hybridized carbons (Fsp3) is 0.100. The lowest BCUT2D eigenvalue weighted by molar-refractivity contribution is 0.462. The lowest BCUT2D eigenvalue weighted by Gasteiger charge is -1.99. The highest BCUT2D eigenvalue weighted by atomic mass is 32.2. The van der Waals surface area contributed by atoms with E-state index in [-0.39, 0.29) is 0 Å². The smallest absolute Gasteiger partial charge is 0.155 e. The number of thiazole rings is 1. The third kappa shape index (κ3) is 2.08. The summed E-state index contributed by atoms with van der Waals surface area (Å²) in [5.74, 6) is 0.311. The van der Waals surface area contributed by atoms with E-state index in [2.05, 4.69) is 4.98 Å². The van der Waals surface area contributed by atoms with Crippen LogP contribution in [0.15, 0.2) is 38.9 Å². The number of benzene rings is 1. The standard InChI is InChI=1S/C10H9NOS2/c1-7-6-13-10(11-7)14-9-5-3-2-4-8(9)12/h2-6,12H,1H3. The fourth-order valence-corrected chi connectivity index (χ4v) is 2.84. The molecule has 4 heteroatoms. The van der Waals surface area contributed by atoms with E-state index in [0.29, 0.717) is 5.75 Å². The molecule has 14 heavy (non-hydrogen) atoms. The van der Waals surface area contributed by atoms with E-state index in [1.807, 2.05) is 30.5 Å². The van der Waals surface area contributed by atoms with Gasteiger partial charge in [0.05, 0.1) is 4.90 Å². The number of nitrogens with zero attached hydrogens (tertiary/aromatic N) is 1. The molecular weight excluding hydrogens is 214 g/mol. The van der Waals surface area contributed by atoms with Crippen molar-refractivity contribution in [3.63, 3.8) is 0 Å². The second-order valence-electron chi connectivity index (χ2n) is 2.82. The first kappa shape index (κ1) is 9.55. The molecule has 0 fully saturated rings. The van der Waals surface area contributed by atoms with Crippen LogP contribution in [-0.4, -0.2) is 10.1 Å². The average molecular weight is 223 g/mol. The molecule has 0 radical (unpaired) electrons. The minimum absolute atomic E-state index is 0.311. The SMILES string of the molecule is Cc1csc(Sc2ccccc2O)n1. The first-order chi connectivity index (χ1) is 6.75. The quantitative estimate of drug-likeness (QED) is 0.848. The number of phenolic OH excluding ortho intramolecular Hbond substituents is 1. The highest BCUT2D eigenvalue weighted by Crippen LogP contribution is 2.35. The summed E-state index contributed by atoms with van der Waals surface area (Å²) in [6.45, 7) is 1.96. The highest BCUT2D eigenvalue weighted by Gasteiger charge is 2.04. The molecule has 0 aliphatic carbocycles. The Morgan fingerprint density at radius 2 is 2.14 bits per heavy atom. The van der Waals surface area contributed by atoms with Crippen molar-refractivity contribution in [2.45, 2.75) is 16.2 Å². The van der Waals surface area contributed by atoms with E-state index in [0.717, 1.165) is 14.9 Å². The maximum Gasteiger partial charge on any atom is 0.155 e. The van der Waals surface area contributed by atoms with Crippen molar-refractivity contribution < 1.29 is 5.11 Å². The molecule has 1 heterocycles. The van der Waals surface area contributed by atoms with Crippen LogP contribution in [0.2, 0.25) is 0 Å². The van der Waals surface area contributed by atoms with Gasteiger partial charge in [-0.3, -0.25) is 0 Å². The van der Waals surface area contributed by atoms with Crippen LogP contribution in [0.3, 0.4) is 0 Å². The molecule has 72 valence electrons. The summed E-state index contributed by atoms with van der Waals surface area (Å²) in [4.78, 5) is 5.17. The largest absolute Gasteiger partial charge is 0.507 e. The summed E-state index contributed by atoms with van der Waals surface area (Å²) in [6.07, 6.45) is 0. The number of hydrogen-bond donors (Lipinski definition) is 1. The van der Waals surface area contributed by atoms with Crippen LogP contribution in [0.25, 0.3) is 0 Å². The van der Waals surface area contributed by atoms with Crippen LogP contribution in [0.5, 0.6) is 5.75 Å². The summed E-state index contributed by atoms with van der Waals surface area (Å²) in [5.41, 5.74) is 1.02. The summed E-state index contributed by atoms with van der Waals surface area (Å²) in [7, 11) is 0. The minimum atomic E-state index is 0.311. The Labute approximate surface area is 90.6 Å². The molecule has 0 bridgehead atoms. The van der Waals surface area contributed by atoms with Gasteiger partial charge in [0.1, 0.15) is 5.75 Å². The highest BCUT2D eigenvalue weighted by molar-refractivity contribution is 8.01. The van der Waals surface area contributed by atoms with Gasteiger partial charge in [-0.05, 0) is 19.1 Å². The van der Waals surface area contributed by atoms with E-state index < -0.39 is 0 Å². The van der Waals surface area contributed by atoms with Crippen LogP contribution >= 0.6 is 23.1 Å². The Bertz CT molecular complexity index is 439. The molecule has 2 nitrogen and oxygen atoms in total. The lowest BCUT2D eigenvalue weighted by Crippen LogP contribution is -1.74. The first-order valence-corrected chi connectivity index (χ1v) is 5.83. The van der Waals surface area contributed by atoms with Gasteiger partial charge in [0.15, 0.2) is 4.34 Å². The molecule has 0 unspecified atom stereocenters. The maximum absolute atomic E-state index is 9.53. The Morgan fingerprint density at radius 3 is 2.79 bits per heavy atom. The van der Waals surface area contributed by atoms with Gasteiger partial charge in [0.2, 0.25) is 0 Å². The zero-order valence-electron chi connectivity index (χ0n) is 7.60. The molecule has 2 aromatic rings. The molecule has 0 aliphatic heterocycles. The van der Waals surface area contributed by atoms with Crippen LogP contribution in [0, 0.1) is 6.92 Å². The van der Waals surface area contributed by atoms with Crippen molar-refractivity contribution in [2.75, 3.05) is 0 Å². The molecule has 2 rings (SSSR count). The summed E-state index contributed by atoms with van der Waals surface area (Å²) < 4.78 is 0.962. The molecule has 1 N–H and O–H groups in total. The van der Waals surface area contributed by atoms with E-state index in [1.165, 1.54) is 11.8 Å². The summed E-state index contributed by atoms with van der Waals surface area (Å²) in [6, 6.07) is 7.29. The van der Waals surface area contributed by atoms with Crippen LogP contribution in [-0.2, 0) is 0 Å². The topological polar surface area (TPSA) is 33.1 Å². The number of aryl methyl sites for hydroxylation is 1. The number of rotatable bonds is 2. The fourth-order valence-electron chi connectivity index (χ4n) is 1.02. The van der Waals surface area contributed by atoms with Crippen molar-refractivity contribution in [2.24, 2.45) is 0 Å². The van der Waals surface area contributed by atoms with Crippen LogP contribution in [0.4, 0.5) is 0 Å². The first-order valence-electron chi connectivity index (χ1n) is 4.13. The monoisotopic (exact) mass is 223 g/mol. The molecule has 1 aromatic carbocycles. The average Bonchev–Trinajstić information content (AvgIpc) is 2.56. The number of aromatic hydroxyl groups is 1. The second kappa shape index (κ2) is 4.02. The Balaban J connectivity index is 2.23. The van der Waals surface area contributed by atoms with Gasteiger partial charge < -0.3 is 5.11 Å². The third-order valence-electron chi connectivity index (χ3n) is 1.66.